The summed E-state index contributed by atoms with van der Waals surface area (Å²) >= 11 is 0. The van der Waals surface area contributed by atoms with E-state index in [9.17, 15) is 0 Å². The number of benzene rings is 1. The number of hydrogen-bond acceptors (Lipinski definition) is 3. The van der Waals surface area contributed by atoms with E-state index in [2.05, 4.69) is 22.5 Å². The molecule has 0 radical (unpaired) electrons. The zero-order chi connectivity index (χ0) is 14.3. The van der Waals surface area contributed by atoms with Crippen LogP contribution in [0.25, 0.3) is 6.08 Å². The van der Waals surface area contributed by atoms with Gasteiger partial charge in [0.05, 0.1) is 6.20 Å². The molecular formula is C18H20N2O. The Bertz CT molecular complexity index is 589. The third-order valence-electron chi connectivity index (χ3n) is 3.61. The second-order valence-corrected chi connectivity index (χ2v) is 5.33. The molecule has 21 heavy (non-hydrogen) atoms. The Morgan fingerprint density at radius 1 is 1.14 bits per heavy atom. The summed E-state index contributed by atoms with van der Waals surface area (Å²) in [4.78, 5) is 4.25. The third kappa shape index (κ3) is 4.17. The molecule has 0 aliphatic carbocycles. The highest BCUT2D eigenvalue weighted by molar-refractivity contribution is 5.50. The number of ether oxygens (including phenoxy) is 1. The minimum absolute atomic E-state index is 0.623. The molecule has 108 valence electrons. The molecule has 0 unspecified atom stereocenters. The van der Waals surface area contributed by atoms with E-state index in [1.807, 2.05) is 42.6 Å². The summed E-state index contributed by atoms with van der Waals surface area (Å²) in [6.07, 6.45) is 10.5. The number of nitrogens with one attached hydrogen (secondary N) is 1. The fraction of sp³-hybridized carbons (Fsp3) is 0.278. The van der Waals surface area contributed by atoms with Crippen molar-refractivity contribution in [2.24, 2.45) is 5.92 Å². The maximum atomic E-state index is 5.80. The Labute approximate surface area is 125 Å². The van der Waals surface area contributed by atoms with Crippen LogP contribution in [0.1, 0.15) is 18.4 Å². The predicted molar refractivity (Wildman–Crippen MR) is 85.4 cm³/mol. The van der Waals surface area contributed by atoms with E-state index in [4.69, 9.17) is 4.74 Å². The summed E-state index contributed by atoms with van der Waals surface area (Å²) in [6, 6.07) is 11.8. The number of aromatic nitrogens is 1. The van der Waals surface area contributed by atoms with Crippen molar-refractivity contribution < 1.29 is 4.74 Å². The normalized spacial score (nSPS) is 18.8. The van der Waals surface area contributed by atoms with E-state index >= 15 is 0 Å². The van der Waals surface area contributed by atoms with Gasteiger partial charge in [-0.25, -0.2) is 0 Å². The summed E-state index contributed by atoms with van der Waals surface area (Å²) in [6.45, 7) is 2.22. The van der Waals surface area contributed by atoms with Crippen LogP contribution in [-0.2, 0) is 0 Å². The lowest BCUT2D eigenvalue weighted by Crippen LogP contribution is -2.28. The zero-order valence-electron chi connectivity index (χ0n) is 12.0. The van der Waals surface area contributed by atoms with Crippen molar-refractivity contribution in [3.63, 3.8) is 0 Å². The van der Waals surface area contributed by atoms with Crippen LogP contribution in [0.4, 0.5) is 0 Å². The number of para-hydroxylation sites is 1. The van der Waals surface area contributed by atoms with Crippen LogP contribution < -0.4 is 10.1 Å². The van der Waals surface area contributed by atoms with Gasteiger partial charge in [0.15, 0.2) is 0 Å². The lowest BCUT2D eigenvalue weighted by atomic mass is 9.98. The molecule has 1 atom stereocenters. The Balaban J connectivity index is 1.66. The van der Waals surface area contributed by atoms with Crippen LogP contribution in [0, 0.1) is 5.92 Å². The largest absolute Gasteiger partial charge is 0.456 e. The number of rotatable bonds is 4. The van der Waals surface area contributed by atoms with Crippen LogP contribution >= 0.6 is 0 Å². The molecule has 2 aromatic rings. The highest BCUT2D eigenvalue weighted by Crippen LogP contribution is 2.21. The molecule has 1 aromatic carbocycles. The molecular weight excluding hydrogens is 260 g/mol. The first-order valence-electron chi connectivity index (χ1n) is 7.47. The van der Waals surface area contributed by atoms with Gasteiger partial charge >= 0.3 is 0 Å². The summed E-state index contributed by atoms with van der Waals surface area (Å²) in [7, 11) is 0. The van der Waals surface area contributed by atoms with E-state index in [0.717, 1.165) is 30.2 Å². The fourth-order valence-corrected chi connectivity index (χ4v) is 2.50. The molecule has 1 N–H and O–H groups in total. The SMILES string of the molecule is C(=C\[C@@H]1CCCNC1)/c1cncc(Oc2ccccc2)c1. The van der Waals surface area contributed by atoms with Crippen molar-refractivity contribution in [1.29, 1.82) is 0 Å². The predicted octanol–water partition coefficient (Wildman–Crippen LogP) is 3.89. The summed E-state index contributed by atoms with van der Waals surface area (Å²) < 4.78 is 5.80. The minimum Gasteiger partial charge on any atom is -0.456 e. The molecule has 3 nitrogen and oxygen atoms in total. The maximum Gasteiger partial charge on any atom is 0.146 e. The van der Waals surface area contributed by atoms with Gasteiger partial charge in [0.1, 0.15) is 11.5 Å². The average molecular weight is 280 g/mol. The highest BCUT2D eigenvalue weighted by atomic mass is 16.5. The molecule has 3 rings (SSSR count). The van der Waals surface area contributed by atoms with Gasteiger partial charge in [0.25, 0.3) is 0 Å². The summed E-state index contributed by atoms with van der Waals surface area (Å²) in [5, 5.41) is 3.42. The van der Waals surface area contributed by atoms with Crippen molar-refractivity contribution in [2.75, 3.05) is 13.1 Å². The van der Waals surface area contributed by atoms with Crippen LogP contribution in [0.2, 0.25) is 0 Å². The summed E-state index contributed by atoms with van der Waals surface area (Å²) in [5.41, 5.74) is 1.08. The van der Waals surface area contributed by atoms with Crippen LogP contribution in [0.5, 0.6) is 11.5 Å². The molecule has 0 amide bonds. The number of pyridine rings is 1. The first-order valence-corrected chi connectivity index (χ1v) is 7.47. The van der Waals surface area contributed by atoms with E-state index in [1.165, 1.54) is 12.8 Å². The van der Waals surface area contributed by atoms with Crippen molar-refractivity contribution >= 4 is 6.08 Å². The first kappa shape index (κ1) is 13.8. The topological polar surface area (TPSA) is 34.2 Å². The van der Waals surface area contributed by atoms with E-state index in [0.29, 0.717) is 5.92 Å². The quantitative estimate of drug-likeness (QED) is 0.922. The van der Waals surface area contributed by atoms with Gasteiger partial charge < -0.3 is 10.1 Å². The number of piperidine rings is 1. The van der Waals surface area contributed by atoms with Crippen LogP contribution in [-0.4, -0.2) is 18.1 Å². The molecule has 1 aromatic heterocycles. The Hall–Kier alpha value is -2.13. The molecule has 1 fully saturated rings. The van der Waals surface area contributed by atoms with E-state index < -0.39 is 0 Å². The number of hydrogen-bond donors (Lipinski definition) is 1. The van der Waals surface area contributed by atoms with Gasteiger partial charge in [-0.05, 0) is 49.1 Å². The lowest BCUT2D eigenvalue weighted by Gasteiger charge is -2.19. The Morgan fingerprint density at radius 3 is 2.86 bits per heavy atom. The van der Waals surface area contributed by atoms with Crippen molar-refractivity contribution in [2.45, 2.75) is 12.8 Å². The maximum absolute atomic E-state index is 5.80. The average Bonchev–Trinajstić information content (AvgIpc) is 2.55. The first-order chi connectivity index (χ1) is 10.4. The smallest absolute Gasteiger partial charge is 0.146 e. The minimum atomic E-state index is 0.623. The summed E-state index contributed by atoms with van der Waals surface area (Å²) in [5.74, 6) is 2.22. The third-order valence-corrected chi connectivity index (χ3v) is 3.61. The molecule has 2 heterocycles. The van der Waals surface area contributed by atoms with Gasteiger partial charge in [0, 0.05) is 12.7 Å². The second kappa shape index (κ2) is 7.04. The van der Waals surface area contributed by atoms with Crippen LogP contribution in [0.3, 0.4) is 0 Å². The highest BCUT2D eigenvalue weighted by Gasteiger charge is 2.08. The molecule has 1 aliphatic rings. The standard InChI is InChI=1S/C18H20N2O/c1-2-6-17(7-3-1)21-18-11-16(13-20-14-18)9-8-15-5-4-10-19-12-15/h1-3,6-9,11,13-15,19H,4-5,10,12H2/b9-8+/t15-/m0/s1. The molecule has 3 heteroatoms. The van der Waals surface area contributed by atoms with Crippen molar-refractivity contribution in [3.05, 3.63) is 60.4 Å². The molecule has 0 spiro atoms. The van der Waals surface area contributed by atoms with E-state index in [1.54, 1.807) is 6.20 Å². The Morgan fingerprint density at radius 2 is 2.05 bits per heavy atom. The van der Waals surface area contributed by atoms with Gasteiger partial charge in [-0.15, -0.1) is 0 Å². The Kier molecular flexibility index (Phi) is 4.64. The zero-order valence-corrected chi connectivity index (χ0v) is 12.0. The van der Waals surface area contributed by atoms with Gasteiger partial charge in [-0.1, -0.05) is 30.4 Å². The van der Waals surface area contributed by atoms with Gasteiger partial charge in [-0.2, -0.15) is 0 Å². The van der Waals surface area contributed by atoms with Crippen LogP contribution in [0.15, 0.2) is 54.9 Å². The molecule has 1 aliphatic heterocycles. The molecule has 0 saturated carbocycles. The second-order valence-electron chi connectivity index (χ2n) is 5.33. The molecule has 0 bridgehead atoms. The van der Waals surface area contributed by atoms with Gasteiger partial charge in [0.2, 0.25) is 0 Å². The fourth-order valence-electron chi connectivity index (χ4n) is 2.50. The molecule has 1 saturated heterocycles. The van der Waals surface area contributed by atoms with E-state index in [-0.39, 0.29) is 0 Å². The monoisotopic (exact) mass is 280 g/mol. The lowest BCUT2D eigenvalue weighted by molar-refractivity contribution is 0.439. The van der Waals surface area contributed by atoms with Crippen molar-refractivity contribution in [3.8, 4) is 11.5 Å². The van der Waals surface area contributed by atoms with Crippen molar-refractivity contribution in [1.82, 2.24) is 10.3 Å². The van der Waals surface area contributed by atoms with Gasteiger partial charge in [-0.3, -0.25) is 4.98 Å². The number of nitrogens with zero attached hydrogens (tertiary/aromatic N) is 1.